The summed E-state index contributed by atoms with van der Waals surface area (Å²) in [5.74, 6) is 0. The van der Waals surface area contributed by atoms with Crippen LogP contribution in [-0.2, 0) is 6.42 Å². The van der Waals surface area contributed by atoms with Gasteiger partial charge in [0.2, 0.25) is 0 Å². The Bertz CT molecular complexity index is 3870. The van der Waals surface area contributed by atoms with E-state index < -0.39 is 124 Å². The first-order valence-electron chi connectivity index (χ1n) is 35.9. The van der Waals surface area contributed by atoms with Crippen molar-refractivity contribution in [2.75, 3.05) is 7.05 Å². The summed E-state index contributed by atoms with van der Waals surface area (Å²) in [5.41, 5.74) is 4.55. The van der Waals surface area contributed by atoms with E-state index in [9.17, 15) is 65.9 Å². The minimum atomic E-state index is -4.09. The monoisotopic (exact) mass is 2190 g/mol. The molecule has 0 atom stereocenters. The van der Waals surface area contributed by atoms with E-state index in [1.165, 1.54) is 16.7 Å². The van der Waals surface area contributed by atoms with Crippen LogP contribution in [0.5, 0.6) is 0 Å². The number of rotatable bonds is 11. The van der Waals surface area contributed by atoms with E-state index in [-0.39, 0.29) is 0 Å². The van der Waals surface area contributed by atoms with E-state index >= 15 is 0 Å². The Morgan fingerprint density at radius 1 is 0.233 bits per heavy atom. The van der Waals surface area contributed by atoms with E-state index in [2.05, 4.69) is 97.0 Å². The summed E-state index contributed by atoms with van der Waals surface area (Å²) in [5, 5.41) is 8.81. The molecule has 0 heterocycles. The number of halogens is 15. The van der Waals surface area contributed by atoms with Gasteiger partial charge in [-0.25, -0.2) is 0 Å². The molecule has 0 fully saturated rings. The maximum absolute atomic E-state index is 13.2. The summed E-state index contributed by atoms with van der Waals surface area (Å²) in [6.45, 7) is 15.1. The van der Waals surface area contributed by atoms with Crippen molar-refractivity contribution in [2.45, 2.75) is 76.0 Å². The predicted molar refractivity (Wildman–Crippen MR) is 463 cm³/mol. The Morgan fingerprint density at radius 2 is 0.328 bits per heavy atom. The van der Waals surface area contributed by atoms with E-state index in [1.54, 1.807) is 303 Å². The van der Waals surface area contributed by atoms with Gasteiger partial charge in [0.1, 0.15) is 0 Å². The van der Waals surface area contributed by atoms with Gasteiger partial charge in [-0.05, 0) is 31.2 Å². The van der Waals surface area contributed by atoms with Crippen LogP contribution in [0.1, 0.15) is 51.3 Å². The fraction of sp³-hybridized carbons (Fsp3) is 0.161. The van der Waals surface area contributed by atoms with E-state index in [4.69, 9.17) is 10.1 Å². The zero-order chi connectivity index (χ0) is 85.6. The molecule has 3 nitrogen and oxygen atoms in total. The molecule has 0 aliphatic carbocycles. The Hall–Kier alpha value is -7.84. The Morgan fingerprint density at radius 3 is 0.397 bits per heavy atom. The summed E-state index contributed by atoms with van der Waals surface area (Å²) in [6, 6.07) is 113. The quantitative estimate of drug-likeness (QED) is 0.0561. The molecule has 0 spiro atoms. The first-order valence-corrected chi connectivity index (χ1v) is 55.0. The number of aryl methyl sites for hydroxylation is 3. The van der Waals surface area contributed by atoms with Gasteiger partial charge in [0.05, 0.1) is 0 Å². The van der Waals surface area contributed by atoms with E-state index in [0.29, 0.717) is 41.5 Å². The van der Waals surface area contributed by atoms with Crippen LogP contribution in [0.3, 0.4) is 0 Å². The summed E-state index contributed by atoms with van der Waals surface area (Å²) < 4.78 is 182. The van der Waals surface area contributed by atoms with Crippen molar-refractivity contribution in [3.05, 3.63) is 421 Å². The zero-order valence-corrected chi connectivity index (χ0v) is 77.7. The van der Waals surface area contributed by atoms with Gasteiger partial charge in [0.25, 0.3) is 0 Å². The summed E-state index contributed by atoms with van der Waals surface area (Å²) >= 11 is -18.2. The first-order chi connectivity index (χ1) is 54.9. The molecule has 0 amide bonds. The third-order valence-electron chi connectivity index (χ3n) is 14.5. The van der Waals surface area contributed by atoms with Crippen LogP contribution >= 0.6 is 0 Å². The molecule has 13 rings (SSSR count). The van der Waals surface area contributed by atoms with Gasteiger partial charge in [0, 0.05) is 4.92 Å². The number of hydrogen-bond acceptors (Lipinski definition) is 2. The summed E-state index contributed by atoms with van der Waals surface area (Å²) in [7, 11) is 0.889. The maximum atomic E-state index is 13.2. The fourth-order valence-corrected chi connectivity index (χ4v) is 35.8. The minimum absolute atomic E-state index is 0.453. The molecule has 0 unspecified atom stereocenters. The Balaban J connectivity index is 0.000000280. The molecule has 0 N–H and O–H groups in total. The van der Waals surface area contributed by atoms with Crippen molar-refractivity contribution in [1.29, 1.82) is 0 Å². The van der Waals surface area contributed by atoms with Gasteiger partial charge in [-0.1, -0.05) is 137 Å². The van der Waals surface area contributed by atoms with Crippen molar-refractivity contribution >= 4 is 134 Å². The van der Waals surface area contributed by atoms with Crippen LogP contribution in [-0.4, -0.2) is 131 Å². The van der Waals surface area contributed by atoms with E-state index in [1.807, 2.05) is 42.5 Å². The molecule has 0 aliphatic rings. The number of nitro groups is 1. The van der Waals surface area contributed by atoms with Crippen molar-refractivity contribution < 1.29 is 70.8 Å². The molecule has 0 saturated carbocycles. The molecule has 13 aromatic carbocycles. The topological polar surface area (TPSA) is 43.1 Å². The Kier molecular flexibility index (Phi) is 45.8. The van der Waals surface area contributed by atoms with Crippen LogP contribution in [0, 0.1) is 29.4 Å². The number of alkyl halides is 15. The number of nitrogens with zero attached hydrogens (tertiary/aromatic N) is 1. The van der Waals surface area contributed by atoms with Gasteiger partial charge in [-0.15, -0.1) is 0 Å². The van der Waals surface area contributed by atoms with Crippen molar-refractivity contribution in [3.8, 4) is 0 Å². The molecule has 0 aliphatic heterocycles. The summed E-state index contributed by atoms with van der Waals surface area (Å²) in [6.07, 6.45) is 1.14. The standard InChI is InChI=1S/5C13H11F3Te.C8H10.2C7H8.C5H12.CH3NO2/c5*14-13(15,16)17(11-7-3-1-4-8-11)12-9-5-2-6-10-12;1-2-8-6-4-3-5-7-8;2*1-7-5-3-2-4-6-7;1-5(2,3)4;1-2(3)4/h5*1-10,17H;3-7H,2H2,1H3;2*2-6H,1H3;1-4H3;1H3. The average Bonchev–Trinajstić information content (AvgIpc) is 0.838. The molecular formula is C93H96F15NO2Te5. The molecule has 0 radical (unpaired) electrons. The van der Waals surface area contributed by atoms with Gasteiger partial charge in [-0.3, -0.25) is 10.1 Å². The van der Waals surface area contributed by atoms with Crippen LogP contribution in [0.25, 0.3) is 0 Å². The molecule has 0 saturated heterocycles. The molecule has 116 heavy (non-hydrogen) atoms. The Labute approximate surface area is 707 Å². The molecule has 0 aromatic heterocycles. The third-order valence-corrected chi connectivity index (χ3v) is 45.0. The van der Waals surface area contributed by atoms with Crippen molar-refractivity contribution in [3.63, 3.8) is 0 Å². The predicted octanol–water partition coefficient (Wildman–Crippen LogP) is 18.8. The molecule has 0 bridgehead atoms. The van der Waals surface area contributed by atoms with E-state index in [0.717, 1.165) is 13.5 Å². The van der Waals surface area contributed by atoms with Crippen molar-refractivity contribution in [2.24, 2.45) is 5.41 Å². The van der Waals surface area contributed by atoms with Crippen LogP contribution in [0.4, 0.5) is 65.9 Å². The molecule has 13 aromatic rings. The molecule has 23 heteroatoms. The second-order valence-electron chi connectivity index (χ2n) is 26.0. The zero-order valence-electron chi connectivity index (χ0n) is 64.9. The number of hydrogen-bond donors (Lipinski definition) is 0. The summed E-state index contributed by atoms with van der Waals surface area (Å²) in [4.78, 5) is 8.31. The van der Waals surface area contributed by atoms with Crippen LogP contribution in [0.2, 0.25) is 0 Å². The van der Waals surface area contributed by atoms with Gasteiger partial charge >= 0.3 is 524 Å². The second-order valence-corrected chi connectivity index (χ2v) is 57.5. The molecular weight excluding hydrogens is 2090 g/mol. The van der Waals surface area contributed by atoms with Gasteiger partial charge < -0.3 is 0 Å². The third kappa shape index (κ3) is 41.5. The fourth-order valence-electron chi connectivity index (χ4n) is 9.76. The second kappa shape index (κ2) is 52.9. The number of benzene rings is 13. The van der Waals surface area contributed by atoms with Gasteiger partial charge in [0.15, 0.2) is 7.05 Å². The van der Waals surface area contributed by atoms with Crippen LogP contribution < -0.4 is 36.1 Å². The van der Waals surface area contributed by atoms with Crippen LogP contribution in [0.15, 0.2) is 394 Å². The molecule has 620 valence electrons. The normalized spacial score (nSPS) is 11.4. The average molecular weight is 2180 g/mol. The first kappa shape index (κ1) is 101. The SMILES string of the molecule is CC(C)(C)C.CCc1ccccc1.C[N+](=O)[O-].Cc1ccccc1.Cc1ccccc1.FC(F)(F)[TeH](c1ccccc1)c1ccccc1.FC(F)(F)[TeH](c1ccccc1)c1ccccc1.FC(F)(F)[TeH](c1ccccc1)c1ccccc1.FC(F)(F)[TeH](c1ccccc1)c1ccccc1.FC(F)(F)[TeH](c1ccccc1)c1ccccc1. The van der Waals surface area contributed by atoms with Crippen molar-refractivity contribution in [1.82, 2.24) is 0 Å². The van der Waals surface area contributed by atoms with Gasteiger partial charge in [-0.2, -0.15) is 0 Å².